The van der Waals surface area contributed by atoms with E-state index in [9.17, 15) is 9.59 Å². The minimum atomic E-state index is -0.995. The molecule has 1 aliphatic heterocycles. The highest BCUT2D eigenvalue weighted by molar-refractivity contribution is 7.99. The first-order valence-corrected chi connectivity index (χ1v) is 7.23. The van der Waals surface area contributed by atoms with Gasteiger partial charge in [-0.1, -0.05) is 20.8 Å². The lowest BCUT2D eigenvalue weighted by Crippen LogP contribution is -2.54. The molecule has 0 bridgehead atoms. The summed E-state index contributed by atoms with van der Waals surface area (Å²) in [5.74, 6) is 0.992. The first-order chi connectivity index (χ1) is 8.23. The number of urea groups is 1. The highest BCUT2D eigenvalue weighted by atomic mass is 32.2. The zero-order valence-electron chi connectivity index (χ0n) is 11.4. The molecule has 2 N–H and O–H groups in total. The fraction of sp³-hybridized carbons (Fsp3) is 0.833. The van der Waals surface area contributed by atoms with Crippen molar-refractivity contribution in [3.05, 3.63) is 0 Å². The van der Waals surface area contributed by atoms with Gasteiger partial charge in [0, 0.05) is 18.8 Å². The number of nitrogens with zero attached hydrogens (tertiary/aromatic N) is 1. The van der Waals surface area contributed by atoms with E-state index in [1.165, 1.54) is 0 Å². The van der Waals surface area contributed by atoms with Crippen LogP contribution in [0, 0.1) is 5.41 Å². The van der Waals surface area contributed by atoms with Gasteiger partial charge in [0.1, 0.15) is 6.04 Å². The summed E-state index contributed by atoms with van der Waals surface area (Å²) < 4.78 is 0. The van der Waals surface area contributed by atoms with Crippen molar-refractivity contribution >= 4 is 23.8 Å². The molecule has 1 saturated heterocycles. The SMILES string of the molecule is CN(C(=O)N[C@H](C(=O)O)C(C)(C)C)C1CCSC1. The van der Waals surface area contributed by atoms with Crippen LogP contribution in [0.4, 0.5) is 4.79 Å². The largest absolute Gasteiger partial charge is 0.480 e. The number of hydrogen-bond donors (Lipinski definition) is 2. The van der Waals surface area contributed by atoms with Crippen molar-refractivity contribution in [3.63, 3.8) is 0 Å². The van der Waals surface area contributed by atoms with Crippen LogP contribution in [-0.2, 0) is 4.79 Å². The average Bonchev–Trinajstić information content (AvgIpc) is 2.75. The summed E-state index contributed by atoms with van der Waals surface area (Å²) in [6, 6.07) is -0.962. The average molecular weight is 274 g/mol. The number of rotatable bonds is 3. The number of carboxylic acids is 1. The van der Waals surface area contributed by atoms with Gasteiger partial charge in [0.15, 0.2) is 0 Å². The zero-order valence-corrected chi connectivity index (χ0v) is 12.2. The van der Waals surface area contributed by atoms with Gasteiger partial charge < -0.3 is 15.3 Å². The van der Waals surface area contributed by atoms with E-state index >= 15 is 0 Å². The van der Waals surface area contributed by atoms with Crippen molar-refractivity contribution in [1.29, 1.82) is 0 Å². The van der Waals surface area contributed by atoms with E-state index in [1.54, 1.807) is 32.7 Å². The normalized spacial score (nSPS) is 21.4. The van der Waals surface area contributed by atoms with Crippen molar-refractivity contribution < 1.29 is 14.7 Å². The molecule has 0 saturated carbocycles. The molecule has 104 valence electrons. The van der Waals surface area contributed by atoms with Gasteiger partial charge in [-0.3, -0.25) is 0 Å². The van der Waals surface area contributed by atoms with Crippen LogP contribution < -0.4 is 5.32 Å². The number of carbonyl (C=O) groups excluding carboxylic acids is 1. The summed E-state index contributed by atoms with van der Waals surface area (Å²) in [6.45, 7) is 5.41. The van der Waals surface area contributed by atoms with Crippen LogP contribution in [0.1, 0.15) is 27.2 Å². The molecule has 1 aliphatic rings. The second-order valence-corrected chi connectivity index (χ2v) is 6.86. The Hall–Kier alpha value is -0.910. The second kappa shape index (κ2) is 5.82. The molecule has 5 nitrogen and oxygen atoms in total. The Morgan fingerprint density at radius 3 is 2.44 bits per heavy atom. The number of amides is 2. The van der Waals surface area contributed by atoms with Gasteiger partial charge >= 0.3 is 12.0 Å². The van der Waals surface area contributed by atoms with Gasteiger partial charge in [-0.25, -0.2) is 9.59 Å². The summed E-state index contributed by atoms with van der Waals surface area (Å²) >= 11 is 1.82. The first-order valence-electron chi connectivity index (χ1n) is 6.07. The van der Waals surface area contributed by atoms with Gasteiger partial charge in [0.05, 0.1) is 0 Å². The minimum Gasteiger partial charge on any atom is -0.480 e. The molecule has 0 spiro atoms. The number of hydrogen-bond acceptors (Lipinski definition) is 3. The summed E-state index contributed by atoms with van der Waals surface area (Å²) in [5.41, 5.74) is -0.507. The lowest BCUT2D eigenvalue weighted by molar-refractivity contribution is -0.142. The monoisotopic (exact) mass is 274 g/mol. The number of nitrogens with one attached hydrogen (secondary N) is 1. The van der Waals surface area contributed by atoms with Gasteiger partial charge in [-0.05, 0) is 17.6 Å². The molecule has 0 aromatic heterocycles. The maximum atomic E-state index is 12.0. The molecule has 18 heavy (non-hydrogen) atoms. The second-order valence-electron chi connectivity index (χ2n) is 5.72. The number of thioether (sulfide) groups is 1. The van der Waals surface area contributed by atoms with Crippen LogP contribution in [0.15, 0.2) is 0 Å². The van der Waals surface area contributed by atoms with E-state index in [0.717, 1.165) is 17.9 Å². The van der Waals surface area contributed by atoms with Crippen molar-refractivity contribution in [3.8, 4) is 0 Å². The Labute approximate surface area is 112 Å². The van der Waals surface area contributed by atoms with Crippen LogP contribution >= 0.6 is 11.8 Å². The molecule has 0 aliphatic carbocycles. The van der Waals surface area contributed by atoms with E-state index in [4.69, 9.17) is 5.11 Å². The van der Waals surface area contributed by atoms with E-state index in [0.29, 0.717) is 0 Å². The van der Waals surface area contributed by atoms with Gasteiger partial charge in [0.25, 0.3) is 0 Å². The number of aliphatic carboxylic acids is 1. The standard InChI is InChI=1S/C12H22N2O3S/c1-12(2,3)9(10(15)16)13-11(17)14(4)8-5-6-18-7-8/h8-9H,5-7H2,1-4H3,(H,13,17)(H,15,16)/t8?,9-/m1/s1. The Morgan fingerprint density at radius 2 is 2.06 bits per heavy atom. The fourth-order valence-corrected chi connectivity index (χ4v) is 3.14. The highest BCUT2D eigenvalue weighted by Gasteiger charge is 2.34. The lowest BCUT2D eigenvalue weighted by atomic mass is 9.87. The van der Waals surface area contributed by atoms with Crippen LogP contribution in [0.3, 0.4) is 0 Å². The van der Waals surface area contributed by atoms with Crippen molar-refractivity contribution in [2.24, 2.45) is 5.41 Å². The maximum absolute atomic E-state index is 12.0. The van der Waals surface area contributed by atoms with Crippen LogP contribution in [0.25, 0.3) is 0 Å². The molecule has 2 atom stereocenters. The topological polar surface area (TPSA) is 69.6 Å². The number of carboxylic acid groups (broad SMARTS) is 1. The molecule has 0 aromatic rings. The molecule has 1 unspecified atom stereocenters. The maximum Gasteiger partial charge on any atom is 0.326 e. The van der Waals surface area contributed by atoms with E-state index in [-0.39, 0.29) is 12.1 Å². The fourth-order valence-electron chi connectivity index (χ4n) is 1.87. The molecule has 0 aromatic carbocycles. The summed E-state index contributed by atoms with van der Waals surface area (Å²) in [6.07, 6.45) is 0.974. The summed E-state index contributed by atoms with van der Waals surface area (Å²) in [7, 11) is 1.73. The third kappa shape index (κ3) is 3.80. The van der Waals surface area contributed by atoms with Crippen LogP contribution in [-0.4, -0.2) is 52.6 Å². The van der Waals surface area contributed by atoms with Gasteiger partial charge in [-0.2, -0.15) is 11.8 Å². The van der Waals surface area contributed by atoms with Gasteiger partial charge in [0.2, 0.25) is 0 Å². The Balaban J connectivity index is 2.63. The first kappa shape index (κ1) is 15.1. The Bertz CT molecular complexity index is 322. The van der Waals surface area contributed by atoms with Crippen molar-refractivity contribution in [2.45, 2.75) is 39.3 Å². The minimum absolute atomic E-state index is 0.212. The zero-order chi connectivity index (χ0) is 13.9. The molecule has 0 radical (unpaired) electrons. The lowest BCUT2D eigenvalue weighted by Gasteiger charge is -2.31. The van der Waals surface area contributed by atoms with Crippen molar-refractivity contribution in [1.82, 2.24) is 10.2 Å². The predicted octanol–water partition coefficient (Wildman–Crippen LogP) is 1.63. The summed E-state index contributed by atoms with van der Waals surface area (Å²) in [5, 5.41) is 11.8. The molecule has 1 fully saturated rings. The smallest absolute Gasteiger partial charge is 0.326 e. The Kier molecular flexibility index (Phi) is 4.90. The molecule has 2 amide bonds. The summed E-state index contributed by atoms with van der Waals surface area (Å²) in [4.78, 5) is 24.8. The third-order valence-electron chi connectivity index (χ3n) is 3.15. The third-order valence-corrected chi connectivity index (χ3v) is 4.30. The van der Waals surface area contributed by atoms with Crippen molar-refractivity contribution in [2.75, 3.05) is 18.6 Å². The van der Waals surface area contributed by atoms with E-state index < -0.39 is 17.4 Å². The van der Waals surface area contributed by atoms with E-state index in [1.807, 2.05) is 11.8 Å². The Morgan fingerprint density at radius 1 is 1.44 bits per heavy atom. The highest BCUT2D eigenvalue weighted by Crippen LogP contribution is 2.23. The quantitative estimate of drug-likeness (QED) is 0.820. The molecule has 1 heterocycles. The predicted molar refractivity (Wildman–Crippen MR) is 72.9 cm³/mol. The molecular formula is C12H22N2O3S. The van der Waals surface area contributed by atoms with Crippen LogP contribution in [0.5, 0.6) is 0 Å². The number of carbonyl (C=O) groups is 2. The molecular weight excluding hydrogens is 252 g/mol. The molecule has 1 rings (SSSR count). The molecule has 6 heteroatoms. The van der Waals surface area contributed by atoms with E-state index in [2.05, 4.69) is 5.32 Å². The van der Waals surface area contributed by atoms with Gasteiger partial charge in [-0.15, -0.1) is 0 Å². The van der Waals surface area contributed by atoms with Crippen LogP contribution in [0.2, 0.25) is 0 Å².